The quantitative estimate of drug-likeness (QED) is 0.866. The lowest BCUT2D eigenvalue weighted by atomic mass is 10.0. The van der Waals surface area contributed by atoms with Crippen molar-refractivity contribution >= 4 is 5.91 Å². The van der Waals surface area contributed by atoms with Gasteiger partial charge >= 0.3 is 0 Å². The van der Waals surface area contributed by atoms with Crippen LogP contribution >= 0.6 is 0 Å². The molecule has 106 valence electrons. The predicted octanol–water partition coefficient (Wildman–Crippen LogP) is 1.13. The van der Waals surface area contributed by atoms with Crippen molar-refractivity contribution in [2.45, 2.75) is 38.2 Å². The van der Waals surface area contributed by atoms with Crippen LogP contribution in [0.4, 0.5) is 0 Å². The molecule has 1 aromatic rings. The summed E-state index contributed by atoms with van der Waals surface area (Å²) in [5, 5.41) is 13.9. The normalized spacial score (nSPS) is 17.4. The van der Waals surface area contributed by atoms with Crippen LogP contribution in [0.2, 0.25) is 0 Å². The minimum absolute atomic E-state index is 0.0987. The molecular formula is C13H20N2O4. The van der Waals surface area contributed by atoms with Gasteiger partial charge in [0.2, 0.25) is 0 Å². The average Bonchev–Trinajstić information content (AvgIpc) is 2.95. The fraction of sp³-hybridized carbons (Fsp3) is 0.692. The van der Waals surface area contributed by atoms with Gasteiger partial charge in [0.15, 0.2) is 6.61 Å². The number of ether oxygens (including phenoxy) is 1. The minimum Gasteiger partial charge on any atom is -0.465 e. The molecule has 1 saturated carbocycles. The van der Waals surface area contributed by atoms with Crippen molar-refractivity contribution in [3.8, 4) is 5.88 Å². The maximum Gasteiger partial charge on any atom is 0.260 e. The Kier molecular flexibility index (Phi) is 4.09. The van der Waals surface area contributed by atoms with Gasteiger partial charge in [0.05, 0.1) is 5.60 Å². The Hall–Kier alpha value is -1.56. The van der Waals surface area contributed by atoms with Crippen molar-refractivity contribution in [1.29, 1.82) is 0 Å². The molecule has 0 saturated heterocycles. The van der Waals surface area contributed by atoms with Gasteiger partial charge in [-0.1, -0.05) is 12.8 Å². The third-order valence-electron chi connectivity index (χ3n) is 3.44. The summed E-state index contributed by atoms with van der Waals surface area (Å²) in [6.45, 7) is 2.01. The number of likely N-dealkylation sites (N-methyl/N-ethyl adjacent to an activating group) is 1. The SMILES string of the molecule is Cc1cc(OCC(=O)N(C)CC2(O)CCCC2)no1. The molecule has 1 amide bonds. The number of carbonyl (C=O) groups is 1. The monoisotopic (exact) mass is 268 g/mol. The third-order valence-corrected chi connectivity index (χ3v) is 3.44. The molecule has 0 aliphatic heterocycles. The zero-order valence-electron chi connectivity index (χ0n) is 11.4. The average molecular weight is 268 g/mol. The first-order valence-electron chi connectivity index (χ1n) is 6.51. The molecule has 6 heteroatoms. The van der Waals surface area contributed by atoms with E-state index in [9.17, 15) is 9.90 Å². The lowest BCUT2D eigenvalue weighted by Crippen LogP contribution is -2.43. The molecule has 1 fully saturated rings. The highest BCUT2D eigenvalue weighted by Gasteiger charge is 2.33. The molecule has 0 aromatic carbocycles. The molecule has 0 spiro atoms. The minimum atomic E-state index is -0.727. The lowest BCUT2D eigenvalue weighted by molar-refractivity contribution is -0.135. The largest absolute Gasteiger partial charge is 0.465 e. The summed E-state index contributed by atoms with van der Waals surface area (Å²) < 4.78 is 10.1. The van der Waals surface area contributed by atoms with Gasteiger partial charge in [-0.05, 0) is 24.9 Å². The van der Waals surface area contributed by atoms with Gasteiger partial charge in [-0.2, -0.15) is 0 Å². The Morgan fingerprint density at radius 2 is 2.26 bits per heavy atom. The van der Waals surface area contributed by atoms with Crippen LogP contribution in [-0.4, -0.2) is 46.9 Å². The second kappa shape index (κ2) is 5.61. The number of hydrogen-bond acceptors (Lipinski definition) is 5. The Bertz CT molecular complexity index is 438. The first kappa shape index (κ1) is 13.9. The summed E-state index contributed by atoms with van der Waals surface area (Å²) in [6.07, 6.45) is 3.56. The van der Waals surface area contributed by atoms with Crippen LogP contribution in [0.1, 0.15) is 31.4 Å². The van der Waals surface area contributed by atoms with Crippen LogP contribution in [0.5, 0.6) is 5.88 Å². The smallest absolute Gasteiger partial charge is 0.260 e. The molecule has 0 unspecified atom stereocenters. The topological polar surface area (TPSA) is 75.8 Å². The van der Waals surface area contributed by atoms with Crippen molar-refractivity contribution < 1.29 is 19.2 Å². The first-order valence-corrected chi connectivity index (χ1v) is 6.51. The second-order valence-corrected chi connectivity index (χ2v) is 5.25. The van der Waals surface area contributed by atoms with Crippen molar-refractivity contribution in [3.63, 3.8) is 0 Å². The van der Waals surface area contributed by atoms with E-state index in [2.05, 4.69) is 5.16 Å². The maximum atomic E-state index is 11.9. The molecular weight excluding hydrogens is 248 g/mol. The number of rotatable bonds is 5. The number of aromatic nitrogens is 1. The summed E-state index contributed by atoms with van der Waals surface area (Å²) in [7, 11) is 1.68. The molecule has 1 heterocycles. The van der Waals surface area contributed by atoms with Crippen molar-refractivity contribution in [2.75, 3.05) is 20.2 Å². The molecule has 1 aliphatic rings. The fourth-order valence-corrected chi connectivity index (χ4v) is 2.38. The Morgan fingerprint density at radius 1 is 1.58 bits per heavy atom. The van der Waals surface area contributed by atoms with Gasteiger partial charge < -0.3 is 19.3 Å². The number of hydrogen-bond donors (Lipinski definition) is 1. The van der Waals surface area contributed by atoms with Crippen LogP contribution in [0, 0.1) is 6.92 Å². The van der Waals surface area contributed by atoms with Crippen molar-refractivity contribution in [2.24, 2.45) is 0 Å². The van der Waals surface area contributed by atoms with Crippen LogP contribution < -0.4 is 4.74 Å². The second-order valence-electron chi connectivity index (χ2n) is 5.25. The predicted molar refractivity (Wildman–Crippen MR) is 67.8 cm³/mol. The van der Waals surface area contributed by atoms with E-state index < -0.39 is 5.60 Å². The van der Waals surface area contributed by atoms with E-state index in [4.69, 9.17) is 9.26 Å². The Morgan fingerprint density at radius 3 is 2.84 bits per heavy atom. The maximum absolute atomic E-state index is 11.9. The highest BCUT2D eigenvalue weighted by Crippen LogP contribution is 2.29. The van der Waals surface area contributed by atoms with Gasteiger partial charge in [-0.15, -0.1) is 0 Å². The van der Waals surface area contributed by atoms with Crippen molar-refractivity contribution in [1.82, 2.24) is 10.1 Å². The van der Waals surface area contributed by atoms with Crippen LogP contribution in [0.15, 0.2) is 10.6 Å². The summed E-state index contributed by atoms with van der Waals surface area (Å²) in [6, 6.07) is 1.62. The third kappa shape index (κ3) is 3.70. The standard InChI is InChI=1S/C13H20N2O4/c1-10-7-11(14-19-10)18-8-12(16)15(2)9-13(17)5-3-4-6-13/h7,17H,3-6,8-9H2,1-2H3. The highest BCUT2D eigenvalue weighted by molar-refractivity contribution is 5.77. The van der Waals surface area contributed by atoms with E-state index in [-0.39, 0.29) is 12.5 Å². The van der Waals surface area contributed by atoms with Crippen molar-refractivity contribution in [3.05, 3.63) is 11.8 Å². The van der Waals surface area contributed by atoms with Gasteiger partial charge in [0.25, 0.3) is 11.8 Å². The molecule has 1 N–H and O–H groups in total. The summed E-state index contributed by atoms with van der Waals surface area (Å²) >= 11 is 0. The Labute approximate surface area is 112 Å². The molecule has 0 atom stereocenters. The molecule has 19 heavy (non-hydrogen) atoms. The summed E-state index contributed by atoms with van der Waals surface area (Å²) in [5.74, 6) is 0.760. The summed E-state index contributed by atoms with van der Waals surface area (Å²) in [5.41, 5.74) is -0.727. The molecule has 0 bridgehead atoms. The van der Waals surface area contributed by atoms with E-state index in [0.29, 0.717) is 18.2 Å². The zero-order valence-corrected chi connectivity index (χ0v) is 11.4. The number of aryl methyl sites for hydroxylation is 1. The number of aliphatic hydroxyl groups is 1. The van der Waals surface area contributed by atoms with Gasteiger partial charge in [0.1, 0.15) is 5.76 Å². The molecule has 0 radical (unpaired) electrons. The van der Waals surface area contributed by atoms with Crippen LogP contribution in [-0.2, 0) is 4.79 Å². The fourth-order valence-electron chi connectivity index (χ4n) is 2.38. The number of nitrogens with zero attached hydrogens (tertiary/aromatic N) is 2. The van der Waals surface area contributed by atoms with E-state index in [1.807, 2.05) is 0 Å². The van der Waals surface area contributed by atoms with Gasteiger partial charge in [-0.25, -0.2) is 0 Å². The molecule has 1 aromatic heterocycles. The first-order chi connectivity index (χ1) is 8.98. The van der Waals surface area contributed by atoms with E-state index >= 15 is 0 Å². The van der Waals surface area contributed by atoms with Crippen LogP contribution in [0.25, 0.3) is 0 Å². The van der Waals surface area contributed by atoms with Gasteiger partial charge in [0, 0.05) is 19.7 Å². The van der Waals surface area contributed by atoms with Crippen LogP contribution in [0.3, 0.4) is 0 Å². The van der Waals surface area contributed by atoms with E-state index in [0.717, 1.165) is 25.7 Å². The van der Waals surface area contributed by atoms with Gasteiger partial charge in [-0.3, -0.25) is 4.79 Å². The highest BCUT2D eigenvalue weighted by atomic mass is 16.5. The Balaban J connectivity index is 1.79. The van der Waals surface area contributed by atoms with E-state index in [1.165, 1.54) is 4.90 Å². The number of carbonyl (C=O) groups excluding carboxylic acids is 1. The zero-order chi connectivity index (χ0) is 13.9. The lowest BCUT2D eigenvalue weighted by Gasteiger charge is -2.28. The number of amides is 1. The molecule has 6 nitrogen and oxygen atoms in total. The molecule has 1 aliphatic carbocycles. The summed E-state index contributed by atoms with van der Waals surface area (Å²) in [4.78, 5) is 13.4. The van der Waals surface area contributed by atoms with E-state index in [1.54, 1.807) is 20.0 Å². The molecule has 2 rings (SSSR count).